The number of amides is 2. The summed E-state index contributed by atoms with van der Waals surface area (Å²) in [6.45, 7) is 3.96. The van der Waals surface area contributed by atoms with Gasteiger partial charge in [-0.15, -0.1) is 0 Å². The summed E-state index contributed by atoms with van der Waals surface area (Å²) in [4.78, 5) is 26.6. The number of nitrogens with one attached hydrogen (secondary N) is 1. The molecule has 2 rings (SSSR count). The number of carbonyl (C=O) groups is 2. The standard InChI is InChI=1S/C17H24N2O4/c1-11-6-5-7-12(2)19(11)17(21)16(20)18-14-10-13(22-3)8-9-15(14)23-4/h8-12H,5-7H2,1-4H3,(H,18,20). The van der Waals surface area contributed by atoms with Crippen molar-refractivity contribution < 1.29 is 19.1 Å². The van der Waals surface area contributed by atoms with Crippen LogP contribution in [0.4, 0.5) is 5.69 Å². The van der Waals surface area contributed by atoms with Gasteiger partial charge in [-0.1, -0.05) is 0 Å². The molecule has 6 nitrogen and oxygen atoms in total. The van der Waals surface area contributed by atoms with Gasteiger partial charge in [-0.05, 0) is 45.2 Å². The summed E-state index contributed by atoms with van der Waals surface area (Å²) in [5, 5.41) is 2.64. The molecular formula is C17H24N2O4. The van der Waals surface area contributed by atoms with E-state index >= 15 is 0 Å². The minimum absolute atomic E-state index is 0.0733. The maximum absolute atomic E-state index is 12.5. The van der Waals surface area contributed by atoms with Crippen molar-refractivity contribution in [3.8, 4) is 11.5 Å². The fourth-order valence-electron chi connectivity index (χ4n) is 3.03. The molecule has 1 aromatic carbocycles. The average molecular weight is 320 g/mol. The van der Waals surface area contributed by atoms with Gasteiger partial charge in [0.15, 0.2) is 0 Å². The highest BCUT2D eigenvalue weighted by molar-refractivity contribution is 6.39. The van der Waals surface area contributed by atoms with Gasteiger partial charge < -0.3 is 19.7 Å². The number of hydrogen-bond donors (Lipinski definition) is 1. The van der Waals surface area contributed by atoms with Crippen molar-refractivity contribution >= 4 is 17.5 Å². The second-order valence-electron chi connectivity index (χ2n) is 5.86. The van der Waals surface area contributed by atoms with Crippen LogP contribution < -0.4 is 14.8 Å². The monoisotopic (exact) mass is 320 g/mol. The molecule has 23 heavy (non-hydrogen) atoms. The second kappa shape index (κ2) is 7.35. The zero-order valence-corrected chi connectivity index (χ0v) is 14.1. The number of nitrogens with zero attached hydrogens (tertiary/aromatic N) is 1. The Hall–Kier alpha value is -2.24. The summed E-state index contributed by atoms with van der Waals surface area (Å²) in [5.41, 5.74) is 0.419. The molecule has 1 aromatic rings. The number of ether oxygens (including phenoxy) is 2. The van der Waals surface area contributed by atoms with E-state index in [4.69, 9.17) is 9.47 Å². The summed E-state index contributed by atoms with van der Waals surface area (Å²) in [6, 6.07) is 5.19. The summed E-state index contributed by atoms with van der Waals surface area (Å²) in [6.07, 6.45) is 2.93. The van der Waals surface area contributed by atoms with Crippen molar-refractivity contribution in [3.05, 3.63) is 18.2 Å². The predicted molar refractivity (Wildman–Crippen MR) is 87.8 cm³/mol. The molecule has 6 heteroatoms. The van der Waals surface area contributed by atoms with Crippen LogP contribution in [0.2, 0.25) is 0 Å². The first kappa shape index (κ1) is 17.1. The summed E-state index contributed by atoms with van der Waals surface area (Å²) in [5.74, 6) is -0.105. The van der Waals surface area contributed by atoms with E-state index in [0.717, 1.165) is 19.3 Å². The number of benzene rings is 1. The molecule has 1 aliphatic rings. The molecule has 1 fully saturated rings. The molecule has 1 N–H and O–H groups in total. The highest BCUT2D eigenvalue weighted by Gasteiger charge is 2.33. The normalized spacial score (nSPS) is 20.8. The Morgan fingerprint density at radius 2 is 1.78 bits per heavy atom. The molecule has 0 aliphatic carbocycles. The summed E-state index contributed by atoms with van der Waals surface area (Å²) < 4.78 is 10.4. The average Bonchev–Trinajstić information content (AvgIpc) is 2.54. The van der Waals surface area contributed by atoms with E-state index in [0.29, 0.717) is 17.2 Å². The van der Waals surface area contributed by atoms with Crippen LogP contribution in [0.3, 0.4) is 0 Å². The van der Waals surface area contributed by atoms with Gasteiger partial charge in [0, 0.05) is 18.2 Å². The molecule has 0 aromatic heterocycles. The molecule has 0 saturated carbocycles. The maximum Gasteiger partial charge on any atom is 0.314 e. The van der Waals surface area contributed by atoms with Crippen LogP contribution in [0, 0.1) is 0 Å². The molecule has 1 heterocycles. The number of anilines is 1. The first-order valence-electron chi connectivity index (χ1n) is 7.83. The Kier molecular flexibility index (Phi) is 5.47. The van der Waals surface area contributed by atoms with Gasteiger partial charge in [-0.2, -0.15) is 0 Å². The third-order valence-electron chi connectivity index (χ3n) is 4.28. The molecule has 1 aliphatic heterocycles. The molecule has 0 radical (unpaired) electrons. The van der Waals surface area contributed by atoms with Crippen LogP contribution in [0.25, 0.3) is 0 Å². The van der Waals surface area contributed by atoms with Gasteiger partial charge in [0.25, 0.3) is 0 Å². The SMILES string of the molecule is COc1ccc(OC)c(NC(=O)C(=O)N2C(C)CCCC2C)c1. The van der Waals surface area contributed by atoms with E-state index in [2.05, 4.69) is 5.32 Å². The van der Waals surface area contributed by atoms with E-state index in [1.54, 1.807) is 23.1 Å². The van der Waals surface area contributed by atoms with Crippen molar-refractivity contribution in [2.45, 2.75) is 45.2 Å². The van der Waals surface area contributed by atoms with Gasteiger partial charge in [0.1, 0.15) is 11.5 Å². The topological polar surface area (TPSA) is 67.9 Å². The lowest BCUT2D eigenvalue weighted by atomic mass is 9.97. The number of likely N-dealkylation sites (tertiary alicyclic amines) is 1. The Labute approximate surface area is 136 Å². The van der Waals surface area contributed by atoms with E-state index in [9.17, 15) is 9.59 Å². The molecule has 0 bridgehead atoms. The van der Waals surface area contributed by atoms with Gasteiger partial charge >= 0.3 is 11.8 Å². The van der Waals surface area contributed by atoms with Crippen LogP contribution in [-0.4, -0.2) is 43.0 Å². The van der Waals surface area contributed by atoms with Crippen molar-refractivity contribution in [2.75, 3.05) is 19.5 Å². The lowest BCUT2D eigenvalue weighted by molar-refractivity contribution is -0.147. The first-order valence-corrected chi connectivity index (χ1v) is 7.83. The molecular weight excluding hydrogens is 296 g/mol. The van der Waals surface area contributed by atoms with Gasteiger partial charge in [-0.3, -0.25) is 9.59 Å². The quantitative estimate of drug-likeness (QED) is 0.869. The lowest BCUT2D eigenvalue weighted by Gasteiger charge is -2.38. The summed E-state index contributed by atoms with van der Waals surface area (Å²) >= 11 is 0. The van der Waals surface area contributed by atoms with E-state index in [-0.39, 0.29) is 12.1 Å². The Bertz CT molecular complexity index is 578. The molecule has 126 valence electrons. The zero-order valence-electron chi connectivity index (χ0n) is 14.1. The number of piperidine rings is 1. The largest absolute Gasteiger partial charge is 0.497 e. The number of methoxy groups -OCH3 is 2. The van der Waals surface area contributed by atoms with E-state index in [1.165, 1.54) is 14.2 Å². The predicted octanol–water partition coefficient (Wildman–Crippen LogP) is 2.43. The molecule has 2 atom stereocenters. The highest BCUT2D eigenvalue weighted by atomic mass is 16.5. The molecule has 1 saturated heterocycles. The third-order valence-corrected chi connectivity index (χ3v) is 4.28. The maximum atomic E-state index is 12.5. The van der Waals surface area contributed by atoms with Crippen LogP contribution in [0.1, 0.15) is 33.1 Å². The Balaban J connectivity index is 2.16. The second-order valence-corrected chi connectivity index (χ2v) is 5.86. The third kappa shape index (κ3) is 3.75. The molecule has 2 unspecified atom stereocenters. The number of rotatable bonds is 3. The zero-order chi connectivity index (χ0) is 17.0. The highest BCUT2D eigenvalue weighted by Crippen LogP contribution is 2.29. The number of carbonyl (C=O) groups excluding carboxylic acids is 2. The van der Waals surface area contributed by atoms with Crippen molar-refractivity contribution in [3.63, 3.8) is 0 Å². The van der Waals surface area contributed by atoms with Crippen LogP contribution in [0.5, 0.6) is 11.5 Å². The fourth-order valence-corrected chi connectivity index (χ4v) is 3.03. The Morgan fingerprint density at radius 3 is 2.35 bits per heavy atom. The lowest BCUT2D eigenvalue weighted by Crippen LogP contribution is -2.51. The minimum Gasteiger partial charge on any atom is -0.497 e. The van der Waals surface area contributed by atoms with Crippen molar-refractivity contribution in [1.82, 2.24) is 4.90 Å². The van der Waals surface area contributed by atoms with E-state index in [1.807, 2.05) is 13.8 Å². The van der Waals surface area contributed by atoms with Crippen molar-refractivity contribution in [2.24, 2.45) is 0 Å². The fraction of sp³-hybridized carbons (Fsp3) is 0.529. The Morgan fingerprint density at radius 1 is 1.13 bits per heavy atom. The van der Waals surface area contributed by atoms with Gasteiger partial charge in [0.05, 0.1) is 19.9 Å². The van der Waals surface area contributed by atoms with Crippen LogP contribution in [0.15, 0.2) is 18.2 Å². The molecule has 0 spiro atoms. The van der Waals surface area contributed by atoms with Crippen LogP contribution >= 0.6 is 0 Å². The van der Waals surface area contributed by atoms with E-state index < -0.39 is 11.8 Å². The minimum atomic E-state index is -0.655. The first-order chi connectivity index (χ1) is 11.0. The number of hydrogen-bond acceptors (Lipinski definition) is 4. The van der Waals surface area contributed by atoms with Crippen LogP contribution in [-0.2, 0) is 9.59 Å². The van der Waals surface area contributed by atoms with Gasteiger partial charge in [-0.25, -0.2) is 0 Å². The van der Waals surface area contributed by atoms with Crippen molar-refractivity contribution in [1.29, 1.82) is 0 Å². The van der Waals surface area contributed by atoms with Gasteiger partial charge in [0.2, 0.25) is 0 Å². The summed E-state index contributed by atoms with van der Waals surface area (Å²) in [7, 11) is 3.05. The molecule has 2 amide bonds. The smallest absolute Gasteiger partial charge is 0.314 e.